The molecule has 1 unspecified atom stereocenters. The van der Waals surface area contributed by atoms with E-state index in [0.29, 0.717) is 16.5 Å². The van der Waals surface area contributed by atoms with Crippen LogP contribution in [0.4, 0.5) is 11.4 Å². The topological polar surface area (TPSA) is 44.8 Å². The van der Waals surface area contributed by atoms with Gasteiger partial charge in [-0.15, -0.1) is 0 Å². The second-order valence-electron chi connectivity index (χ2n) is 6.88. The van der Waals surface area contributed by atoms with Gasteiger partial charge in [0.25, 0.3) is 0 Å². The molecule has 5 nitrogen and oxygen atoms in total. The first-order chi connectivity index (χ1) is 13.0. The number of hydrogen-bond donors (Lipinski definition) is 1. The second kappa shape index (κ2) is 8.63. The Labute approximate surface area is 165 Å². The Morgan fingerprint density at radius 1 is 1.15 bits per heavy atom. The molecule has 1 N–H and O–H groups in total. The summed E-state index contributed by atoms with van der Waals surface area (Å²) in [6.07, 6.45) is 0. The lowest BCUT2D eigenvalue weighted by Crippen LogP contribution is -2.52. The van der Waals surface area contributed by atoms with Gasteiger partial charge in [-0.2, -0.15) is 0 Å². The van der Waals surface area contributed by atoms with Crippen LogP contribution in [0.3, 0.4) is 0 Å². The van der Waals surface area contributed by atoms with E-state index in [0.717, 1.165) is 26.2 Å². The molecule has 0 aromatic heterocycles. The molecule has 1 heterocycles. The first-order valence-corrected chi connectivity index (χ1v) is 9.56. The number of nitrogens with one attached hydrogen (secondary N) is 1. The summed E-state index contributed by atoms with van der Waals surface area (Å²) in [4.78, 5) is 17.2. The fourth-order valence-electron chi connectivity index (χ4n) is 3.35. The van der Waals surface area contributed by atoms with Crippen LogP contribution in [0.5, 0.6) is 5.75 Å². The summed E-state index contributed by atoms with van der Waals surface area (Å²) in [6.45, 7) is 7.59. The number of ether oxygens (including phenoxy) is 1. The lowest BCUT2D eigenvalue weighted by atomic mass is 10.1. The number of halogens is 1. The van der Waals surface area contributed by atoms with Crippen molar-refractivity contribution in [2.45, 2.75) is 19.9 Å². The Morgan fingerprint density at radius 3 is 2.52 bits per heavy atom. The molecule has 1 aliphatic heterocycles. The van der Waals surface area contributed by atoms with Crippen LogP contribution in [0.2, 0.25) is 5.02 Å². The zero-order chi connectivity index (χ0) is 19.4. The maximum atomic E-state index is 12.6. The molecule has 1 aliphatic rings. The van der Waals surface area contributed by atoms with Crippen LogP contribution >= 0.6 is 11.6 Å². The van der Waals surface area contributed by atoms with E-state index in [4.69, 9.17) is 16.3 Å². The Balaban J connectivity index is 1.56. The molecular formula is C21H26ClN3O2. The third kappa shape index (κ3) is 4.73. The van der Waals surface area contributed by atoms with E-state index in [1.807, 2.05) is 6.92 Å². The lowest BCUT2D eigenvalue weighted by Gasteiger charge is -2.38. The largest absolute Gasteiger partial charge is 0.495 e. The van der Waals surface area contributed by atoms with Gasteiger partial charge < -0.3 is 15.0 Å². The number of rotatable bonds is 5. The molecule has 0 saturated carbocycles. The average Bonchev–Trinajstić information content (AvgIpc) is 2.67. The zero-order valence-corrected chi connectivity index (χ0v) is 16.8. The Hall–Kier alpha value is -2.24. The third-order valence-corrected chi connectivity index (χ3v) is 5.32. The van der Waals surface area contributed by atoms with E-state index in [1.54, 1.807) is 25.3 Å². The number of methoxy groups -OCH3 is 1. The summed E-state index contributed by atoms with van der Waals surface area (Å²) in [5.41, 5.74) is 3.19. The molecule has 1 atom stereocenters. The smallest absolute Gasteiger partial charge is 0.241 e. The number of carbonyl (C=O) groups is 1. The van der Waals surface area contributed by atoms with Gasteiger partial charge in [-0.25, -0.2) is 0 Å². The van der Waals surface area contributed by atoms with Gasteiger partial charge in [-0.3, -0.25) is 9.69 Å². The van der Waals surface area contributed by atoms with Crippen LogP contribution in [0.25, 0.3) is 0 Å². The summed E-state index contributed by atoms with van der Waals surface area (Å²) in [6, 6.07) is 13.6. The number of anilines is 2. The lowest BCUT2D eigenvalue weighted by molar-refractivity contribution is -0.120. The van der Waals surface area contributed by atoms with E-state index in [1.165, 1.54) is 11.3 Å². The molecule has 3 rings (SSSR count). The zero-order valence-electron chi connectivity index (χ0n) is 16.0. The minimum atomic E-state index is -0.203. The fraction of sp³-hybridized carbons (Fsp3) is 0.381. The number of benzene rings is 2. The highest BCUT2D eigenvalue weighted by Crippen LogP contribution is 2.27. The molecule has 0 aliphatic carbocycles. The molecule has 144 valence electrons. The molecule has 1 saturated heterocycles. The maximum Gasteiger partial charge on any atom is 0.241 e. The van der Waals surface area contributed by atoms with Crippen LogP contribution in [-0.2, 0) is 4.79 Å². The number of amides is 1. The first-order valence-electron chi connectivity index (χ1n) is 9.18. The van der Waals surface area contributed by atoms with Gasteiger partial charge in [0.1, 0.15) is 5.75 Å². The van der Waals surface area contributed by atoms with Crippen molar-refractivity contribution in [2.75, 3.05) is 43.5 Å². The quantitative estimate of drug-likeness (QED) is 0.847. The molecule has 6 heteroatoms. The van der Waals surface area contributed by atoms with Gasteiger partial charge in [0.05, 0.1) is 18.2 Å². The summed E-state index contributed by atoms with van der Waals surface area (Å²) in [7, 11) is 1.57. The third-order valence-electron chi connectivity index (χ3n) is 5.03. The van der Waals surface area contributed by atoms with Crippen LogP contribution in [0.15, 0.2) is 42.5 Å². The predicted octanol–water partition coefficient (Wildman–Crippen LogP) is 3.81. The summed E-state index contributed by atoms with van der Waals surface area (Å²) in [5, 5.41) is 3.43. The van der Waals surface area contributed by atoms with Crippen molar-refractivity contribution in [2.24, 2.45) is 0 Å². The van der Waals surface area contributed by atoms with Crippen molar-refractivity contribution in [3.05, 3.63) is 53.1 Å². The number of piperazine rings is 1. The number of nitrogens with zero attached hydrogens (tertiary/aromatic N) is 2. The van der Waals surface area contributed by atoms with E-state index in [9.17, 15) is 4.79 Å². The molecule has 27 heavy (non-hydrogen) atoms. The summed E-state index contributed by atoms with van der Waals surface area (Å²) in [5.74, 6) is 0.565. The van der Waals surface area contributed by atoms with Gasteiger partial charge in [0.15, 0.2) is 0 Å². The normalized spacial score (nSPS) is 16.1. The Bertz CT molecular complexity index is 804. The maximum absolute atomic E-state index is 12.6. The summed E-state index contributed by atoms with van der Waals surface area (Å²) < 4.78 is 5.14. The second-order valence-corrected chi connectivity index (χ2v) is 7.28. The highest BCUT2D eigenvalue weighted by molar-refractivity contribution is 6.32. The number of aryl methyl sites for hydroxylation is 1. The molecule has 2 aromatic rings. The van der Waals surface area contributed by atoms with Crippen LogP contribution in [-0.4, -0.2) is 50.1 Å². The van der Waals surface area contributed by atoms with Gasteiger partial charge >= 0.3 is 0 Å². The molecule has 0 spiro atoms. The molecule has 0 radical (unpaired) electrons. The average molecular weight is 388 g/mol. The van der Waals surface area contributed by atoms with Crippen molar-refractivity contribution < 1.29 is 9.53 Å². The summed E-state index contributed by atoms with van der Waals surface area (Å²) >= 11 is 6.13. The standard InChI is InChI=1S/C21H26ClN3O2/c1-15-5-4-6-18(13-15)25-11-9-24(10-12-25)16(2)21(26)23-17-7-8-20(27-3)19(22)14-17/h4-8,13-14,16H,9-12H2,1-3H3,(H,23,26). The Morgan fingerprint density at radius 2 is 1.89 bits per heavy atom. The van der Waals surface area contributed by atoms with E-state index >= 15 is 0 Å². The molecule has 1 amide bonds. The van der Waals surface area contributed by atoms with Crippen molar-refractivity contribution in [1.82, 2.24) is 4.90 Å². The van der Waals surface area contributed by atoms with Gasteiger partial charge in [-0.1, -0.05) is 23.7 Å². The highest BCUT2D eigenvalue weighted by atomic mass is 35.5. The van der Waals surface area contributed by atoms with Crippen molar-refractivity contribution in [1.29, 1.82) is 0 Å². The predicted molar refractivity (Wildman–Crippen MR) is 111 cm³/mol. The SMILES string of the molecule is COc1ccc(NC(=O)C(C)N2CCN(c3cccc(C)c3)CC2)cc1Cl. The molecule has 2 aromatic carbocycles. The molecule has 1 fully saturated rings. The highest BCUT2D eigenvalue weighted by Gasteiger charge is 2.26. The first kappa shape index (κ1) is 19.5. The Kier molecular flexibility index (Phi) is 6.24. The van der Waals surface area contributed by atoms with E-state index in [-0.39, 0.29) is 11.9 Å². The van der Waals surface area contributed by atoms with Crippen LogP contribution < -0.4 is 15.0 Å². The minimum Gasteiger partial charge on any atom is -0.495 e. The number of carbonyl (C=O) groups excluding carboxylic acids is 1. The monoisotopic (exact) mass is 387 g/mol. The van der Waals surface area contributed by atoms with Crippen LogP contribution in [0, 0.1) is 6.92 Å². The molecular weight excluding hydrogens is 362 g/mol. The van der Waals surface area contributed by atoms with Gasteiger partial charge in [0.2, 0.25) is 5.91 Å². The van der Waals surface area contributed by atoms with E-state index < -0.39 is 0 Å². The van der Waals surface area contributed by atoms with Gasteiger partial charge in [0, 0.05) is 37.6 Å². The fourth-order valence-corrected chi connectivity index (χ4v) is 3.61. The minimum absolute atomic E-state index is 0.0276. The van der Waals surface area contributed by atoms with Crippen LogP contribution in [0.1, 0.15) is 12.5 Å². The van der Waals surface area contributed by atoms with Gasteiger partial charge in [-0.05, 0) is 49.7 Å². The van der Waals surface area contributed by atoms with E-state index in [2.05, 4.69) is 46.3 Å². The van der Waals surface area contributed by atoms with Crippen molar-refractivity contribution >= 4 is 28.9 Å². The molecule has 0 bridgehead atoms. The number of hydrogen-bond acceptors (Lipinski definition) is 4. The van der Waals surface area contributed by atoms with Crippen molar-refractivity contribution in [3.8, 4) is 5.75 Å². The van der Waals surface area contributed by atoms with Crippen molar-refractivity contribution in [3.63, 3.8) is 0 Å².